The predicted molar refractivity (Wildman–Crippen MR) is 125 cm³/mol. The van der Waals surface area contributed by atoms with E-state index in [4.69, 9.17) is 0 Å². The summed E-state index contributed by atoms with van der Waals surface area (Å²) in [6.07, 6.45) is 0.989. The van der Waals surface area contributed by atoms with Crippen LogP contribution in [0.5, 0.6) is 0 Å². The van der Waals surface area contributed by atoms with Crippen LogP contribution in [0.15, 0.2) is 52.4 Å². The smallest absolute Gasteiger partial charge is 0.293 e. The number of aliphatic imine (C=N–C) groups is 1. The Labute approximate surface area is 191 Å². The molecule has 3 N–H and O–H groups in total. The van der Waals surface area contributed by atoms with Crippen LogP contribution in [0.2, 0.25) is 0 Å². The lowest BCUT2D eigenvalue weighted by atomic mass is 10.2. The molecule has 0 radical (unpaired) electrons. The number of nitro benzene ring substituents is 1. The summed E-state index contributed by atoms with van der Waals surface area (Å²) in [5.41, 5.74) is 0.378. The number of hydrogen-bond acceptors (Lipinski definition) is 6. The zero-order chi connectivity index (χ0) is 21.4. The van der Waals surface area contributed by atoms with E-state index in [2.05, 4.69) is 20.9 Å². The summed E-state index contributed by atoms with van der Waals surface area (Å²) in [5, 5.41) is 20.1. The summed E-state index contributed by atoms with van der Waals surface area (Å²) in [7, 11) is -1.97. The minimum atomic E-state index is -3.54. The lowest BCUT2D eigenvalue weighted by molar-refractivity contribution is -0.384. The van der Waals surface area contributed by atoms with E-state index >= 15 is 0 Å². The quantitative estimate of drug-likeness (QED) is 0.115. The number of nitrogens with one attached hydrogen (secondary N) is 3. The SMILES string of the molecule is CN=C(NCCNc1ccc(S(C)(=O)=O)cc1[N+](=O)[O-])NCc1ccccc1F.I. The molecule has 9 nitrogen and oxygen atoms in total. The first-order valence-corrected chi connectivity index (χ1v) is 10.5. The van der Waals surface area contributed by atoms with E-state index in [0.29, 0.717) is 24.6 Å². The first-order chi connectivity index (χ1) is 13.7. The van der Waals surface area contributed by atoms with Crippen LogP contribution in [0.4, 0.5) is 15.8 Å². The molecule has 0 fully saturated rings. The van der Waals surface area contributed by atoms with Crippen LogP contribution >= 0.6 is 24.0 Å². The Balaban J connectivity index is 0.00000450. The van der Waals surface area contributed by atoms with Gasteiger partial charge < -0.3 is 16.0 Å². The number of benzene rings is 2. The second kappa shape index (κ2) is 11.6. The van der Waals surface area contributed by atoms with Crippen LogP contribution in [0, 0.1) is 15.9 Å². The third kappa shape index (κ3) is 7.40. The highest BCUT2D eigenvalue weighted by molar-refractivity contribution is 14.0. The van der Waals surface area contributed by atoms with Crippen molar-refractivity contribution in [1.29, 1.82) is 0 Å². The molecule has 0 saturated carbocycles. The zero-order valence-electron chi connectivity index (χ0n) is 16.4. The predicted octanol–water partition coefficient (Wildman–Crippen LogP) is 2.53. The van der Waals surface area contributed by atoms with Gasteiger partial charge in [0.2, 0.25) is 0 Å². The summed E-state index contributed by atoms with van der Waals surface area (Å²) in [4.78, 5) is 14.5. The fourth-order valence-electron chi connectivity index (χ4n) is 2.46. The summed E-state index contributed by atoms with van der Waals surface area (Å²) in [6, 6.07) is 10.1. The van der Waals surface area contributed by atoms with Gasteiger partial charge in [-0.1, -0.05) is 18.2 Å². The molecule has 0 spiro atoms. The lowest BCUT2D eigenvalue weighted by Gasteiger charge is -2.13. The maximum atomic E-state index is 13.6. The first kappa shape index (κ1) is 25.6. The first-order valence-electron chi connectivity index (χ1n) is 8.62. The van der Waals surface area contributed by atoms with Crippen molar-refractivity contribution in [1.82, 2.24) is 10.6 Å². The highest BCUT2D eigenvalue weighted by Gasteiger charge is 2.18. The van der Waals surface area contributed by atoms with E-state index < -0.39 is 14.8 Å². The minimum Gasteiger partial charge on any atom is -0.378 e. The molecule has 12 heteroatoms. The van der Waals surface area contributed by atoms with Crippen LogP contribution in [0.1, 0.15) is 5.56 Å². The second-order valence-electron chi connectivity index (χ2n) is 6.08. The summed E-state index contributed by atoms with van der Waals surface area (Å²) in [5.74, 6) is 0.124. The van der Waals surface area contributed by atoms with Crippen molar-refractivity contribution >= 4 is 51.1 Å². The van der Waals surface area contributed by atoms with Crippen molar-refractivity contribution in [3.05, 3.63) is 64.0 Å². The zero-order valence-corrected chi connectivity index (χ0v) is 19.5. The van der Waals surface area contributed by atoms with Gasteiger partial charge in [-0.3, -0.25) is 15.1 Å². The molecular formula is C18H23FIN5O4S. The lowest BCUT2D eigenvalue weighted by Crippen LogP contribution is -2.39. The molecule has 0 heterocycles. The molecule has 0 aliphatic rings. The van der Waals surface area contributed by atoms with E-state index in [0.717, 1.165) is 12.3 Å². The Kier molecular flexibility index (Phi) is 9.92. The van der Waals surface area contributed by atoms with Gasteiger partial charge in [0.25, 0.3) is 5.69 Å². The molecule has 0 amide bonds. The van der Waals surface area contributed by atoms with E-state index in [1.54, 1.807) is 25.2 Å². The van der Waals surface area contributed by atoms with Crippen molar-refractivity contribution in [2.24, 2.45) is 4.99 Å². The number of rotatable bonds is 8. The van der Waals surface area contributed by atoms with Gasteiger partial charge in [0.05, 0.1) is 9.82 Å². The number of hydrogen-bond donors (Lipinski definition) is 3. The van der Waals surface area contributed by atoms with E-state index in [-0.39, 0.29) is 52.6 Å². The Morgan fingerprint density at radius 1 is 1.17 bits per heavy atom. The number of sulfone groups is 1. The Morgan fingerprint density at radius 3 is 2.47 bits per heavy atom. The van der Waals surface area contributed by atoms with Crippen LogP contribution in [-0.2, 0) is 16.4 Å². The molecule has 0 saturated heterocycles. The standard InChI is InChI=1S/C18H22FN5O4S.HI/c1-20-18(23-12-13-5-3-4-6-15(13)19)22-10-9-21-16-8-7-14(29(2,27)28)11-17(16)24(25)26;/h3-8,11,21H,9-10,12H2,1-2H3,(H2,20,22,23);1H. The van der Waals surface area contributed by atoms with Gasteiger partial charge in [-0.2, -0.15) is 0 Å². The topological polar surface area (TPSA) is 126 Å². The van der Waals surface area contributed by atoms with Crippen LogP contribution < -0.4 is 16.0 Å². The van der Waals surface area contributed by atoms with Crippen LogP contribution in [0.25, 0.3) is 0 Å². The maximum absolute atomic E-state index is 13.6. The molecule has 0 aliphatic carbocycles. The van der Waals surface area contributed by atoms with Gasteiger partial charge in [0, 0.05) is 44.6 Å². The van der Waals surface area contributed by atoms with Gasteiger partial charge in [0.15, 0.2) is 15.8 Å². The van der Waals surface area contributed by atoms with Crippen molar-refractivity contribution in [2.75, 3.05) is 31.7 Å². The van der Waals surface area contributed by atoms with Crippen molar-refractivity contribution in [2.45, 2.75) is 11.4 Å². The minimum absolute atomic E-state index is 0. The number of guanidine groups is 1. The number of halogens is 2. The average Bonchev–Trinajstić information content (AvgIpc) is 2.67. The Morgan fingerprint density at radius 2 is 1.87 bits per heavy atom. The number of nitro groups is 1. The van der Waals surface area contributed by atoms with Crippen molar-refractivity contribution < 1.29 is 17.7 Å². The fourth-order valence-corrected chi connectivity index (χ4v) is 3.10. The van der Waals surface area contributed by atoms with Gasteiger partial charge in [0.1, 0.15) is 11.5 Å². The molecule has 0 bridgehead atoms. The van der Waals surface area contributed by atoms with Gasteiger partial charge in [-0.25, -0.2) is 12.8 Å². The summed E-state index contributed by atoms with van der Waals surface area (Å²) in [6.45, 7) is 0.916. The average molecular weight is 551 g/mol. The highest BCUT2D eigenvalue weighted by Crippen LogP contribution is 2.27. The molecule has 0 unspecified atom stereocenters. The molecular weight excluding hydrogens is 528 g/mol. The third-order valence-electron chi connectivity index (χ3n) is 3.95. The molecule has 0 aliphatic heterocycles. The molecule has 164 valence electrons. The van der Waals surface area contributed by atoms with Crippen molar-refractivity contribution in [3.63, 3.8) is 0 Å². The van der Waals surface area contributed by atoms with E-state index in [1.807, 2.05) is 0 Å². The molecule has 2 aromatic carbocycles. The van der Waals surface area contributed by atoms with Gasteiger partial charge in [-0.05, 0) is 18.2 Å². The molecule has 2 rings (SSSR count). The molecule has 0 atom stereocenters. The monoisotopic (exact) mass is 551 g/mol. The largest absolute Gasteiger partial charge is 0.378 e. The number of nitrogens with zero attached hydrogens (tertiary/aromatic N) is 2. The Hall–Kier alpha value is -2.48. The third-order valence-corrected chi connectivity index (χ3v) is 5.06. The van der Waals surface area contributed by atoms with Crippen molar-refractivity contribution in [3.8, 4) is 0 Å². The van der Waals surface area contributed by atoms with E-state index in [9.17, 15) is 22.9 Å². The maximum Gasteiger partial charge on any atom is 0.293 e. The fraction of sp³-hybridized carbons (Fsp3) is 0.278. The van der Waals surface area contributed by atoms with Crippen LogP contribution in [0.3, 0.4) is 0 Å². The second-order valence-corrected chi connectivity index (χ2v) is 8.09. The molecule has 2 aromatic rings. The number of anilines is 1. The van der Waals surface area contributed by atoms with Crippen LogP contribution in [-0.4, -0.2) is 45.7 Å². The normalized spacial score (nSPS) is 11.4. The summed E-state index contributed by atoms with van der Waals surface area (Å²) >= 11 is 0. The summed E-state index contributed by atoms with van der Waals surface area (Å²) < 4.78 is 36.8. The molecule has 0 aromatic heterocycles. The van der Waals surface area contributed by atoms with Gasteiger partial charge >= 0.3 is 0 Å². The van der Waals surface area contributed by atoms with E-state index in [1.165, 1.54) is 18.2 Å². The highest BCUT2D eigenvalue weighted by atomic mass is 127. The molecule has 30 heavy (non-hydrogen) atoms. The Bertz CT molecular complexity index is 1020. The van der Waals surface area contributed by atoms with Gasteiger partial charge in [-0.15, -0.1) is 24.0 Å².